The van der Waals surface area contributed by atoms with Gasteiger partial charge in [0.25, 0.3) is 0 Å². The zero-order valence-corrected chi connectivity index (χ0v) is 13.6. The number of aliphatic hydroxyl groups is 1. The molecule has 0 aromatic carbocycles. The summed E-state index contributed by atoms with van der Waals surface area (Å²) in [5, 5.41) is 15.2. The van der Waals surface area contributed by atoms with E-state index in [1.165, 1.54) is 0 Å². The minimum absolute atomic E-state index is 0.0264. The summed E-state index contributed by atoms with van der Waals surface area (Å²) in [6, 6.07) is 0. The maximum Gasteiger partial charge on any atom is 0.407 e. The molecule has 0 saturated carbocycles. The van der Waals surface area contributed by atoms with Crippen LogP contribution in [0.4, 0.5) is 4.79 Å². The third-order valence-corrected chi connectivity index (χ3v) is 3.65. The van der Waals surface area contributed by atoms with Gasteiger partial charge >= 0.3 is 6.09 Å². The lowest BCUT2D eigenvalue weighted by atomic mass is 9.88. The van der Waals surface area contributed by atoms with Gasteiger partial charge in [-0.15, -0.1) is 11.3 Å². The van der Waals surface area contributed by atoms with Gasteiger partial charge in [-0.25, -0.2) is 9.78 Å². The molecular weight excluding hydrogens is 276 g/mol. The van der Waals surface area contributed by atoms with Crippen LogP contribution >= 0.6 is 11.3 Å². The molecule has 0 radical (unpaired) electrons. The van der Waals surface area contributed by atoms with Gasteiger partial charge in [0.15, 0.2) is 0 Å². The fourth-order valence-electron chi connectivity index (χ4n) is 1.62. The first-order chi connectivity index (χ1) is 9.13. The molecule has 1 amide bonds. The second-order valence-corrected chi connectivity index (χ2v) is 7.33. The van der Waals surface area contributed by atoms with Crippen molar-refractivity contribution < 1.29 is 14.6 Å². The first kappa shape index (κ1) is 16.9. The molecule has 1 aromatic rings. The Morgan fingerprint density at radius 3 is 2.55 bits per heavy atom. The van der Waals surface area contributed by atoms with Gasteiger partial charge in [0.05, 0.1) is 11.6 Å². The predicted octanol–water partition coefficient (Wildman–Crippen LogP) is 2.52. The number of hydrogen-bond donors (Lipinski definition) is 2. The van der Waals surface area contributed by atoms with Crippen LogP contribution in [-0.4, -0.2) is 34.9 Å². The average Bonchev–Trinajstić information content (AvgIpc) is 2.70. The molecule has 0 saturated heterocycles. The molecule has 1 aromatic heterocycles. The summed E-state index contributed by atoms with van der Waals surface area (Å²) in [6.07, 6.45) is 0.158. The Morgan fingerprint density at radius 2 is 2.10 bits per heavy atom. The van der Waals surface area contributed by atoms with Crippen molar-refractivity contribution in [2.24, 2.45) is 5.41 Å². The van der Waals surface area contributed by atoms with E-state index in [4.69, 9.17) is 4.74 Å². The first-order valence-corrected chi connectivity index (χ1v) is 7.50. The number of aromatic nitrogens is 1. The third kappa shape index (κ3) is 5.88. The van der Waals surface area contributed by atoms with E-state index in [-0.39, 0.29) is 6.61 Å². The Hall–Kier alpha value is -1.14. The fourth-order valence-corrected chi connectivity index (χ4v) is 2.61. The minimum Gasteiger partial charge on any atom is -0.444 e. The van der Waals surface area contributed by atoms with Gasteiger partial charge < -0.3 is 15.2 Å². The zero-order valence-electron chi connectivity index (χ0n) is 12.8. The van der Waals surface area contributed by atoms with Gasteiger partial charge in [0.2, 0.25) is 0 Å². The number of nitrogens with one attached hydrogen (secondary N) is 1. The van der Waals surface area contributed by atoms with Crippen LogP contribution in [0.25, 0.3) is 0 Å². The smallest absolute Gasteiger partial charge is 0.407 e. The van der Waals surface area contributed by atoms with Crippen LogP contribution < -0.4 is 5.32 Å². The highest BCUT2D eigenvalue weighted by Gasteiger charge is 2.27. The van der Waals surface area contributed by atoms with Gasteiger partial charge in [0, 0.05) is 29.5 Å². The van der Waals surface area contributed by atoms with E-state index >= 15 is 0 Å². The molecule has 0 aliphatic rings. The summed E-state index contributed by atoms with van der Waals surface area (Å²) >= 11 is 1.57. The standard InChI is InChI=1S/C14H24N2O3S/c1-10-7-20-11(16-10)6-14(5,9-17)8-15-12(18)19-13(2,3)4/h7,17H,6,8-9H2,1-5H3,(H,15,18). The van der Waals surface area contributed by atoms with E-state index in [0.717, 1.165) is 10.7 Å². The topological polar surface area (TPSA) is 71.5 Å². The quantitative estimate of drug-likeness (QED) is 0.876. The van der Waals surface area contributed by atoms with Gasteiger partial charge in [-0.05, 0) is 27.7 Å². The molecule has 0 spiro atoms. The zero-order chi connectivity index (χ0) is 15.4. The normalized spacial score (nSPS) is 14.7. The largest absolute Gasteiger partial charge is 0.444 e. The number of carbonyl (C=O) groups is 1. The van der Waals surface area contributed by atoms with Crippen molar-refractivity contribution in [1.82, 2.24) is 10.3 Å². The van der Waals surface area contributed by atoms with Gasteiger partial charge in [0.1, 0.15) is 5.60 Å². The number of nitrogens with zero attached hydrogens (tertiary/aromatic N) is 1. The second-order valence-electron chi connectivity index (χ2n) is 6.38. The summed E-state index contributed by atoms with van der Waals surface area (Å²) in [6.45, 7) is 9.62. The lowest BCUT2D eigenvalue weighted by molar-refractivity contribution is 0.0478. The number of alkyl carbamates (subject to hydrolysis) is 1. The Kier molecular flexibility index (Phi) is 5.53. The van der Waals surface area contributed by atoms with Crippen molar-refractivity contribution in [3.05, 3.63) is 16.1 Å². The van der Waals surface area contributed by atoms with Crippen LogP contribution in [0.15, 0.2) is 5.38 Å². The summed E-state index contributed by atoms with van der Waals surface area (Å²) in [5.41, 5.74) is 0.0123. The monoisotopic (exact) mass is 300 g/mol. The van der Waals surface area contributed by atoms with Gasteiger partial charge in [-0.1, -0.05) is 6.92 Å². The summed E-state index contributed by atoms with van der Waals surface area (Å²) in [5.74, 6) is 0. The number of amides is 1. The van der Waals surface area contributed by atoms with Crippen molar-refractivity contribution in [3.63, 3.8) is 0 Å². The number of hydrogen-bond acceptors (Lipinski definition) is 5. The highest BCUT2D eigenvalue weighted by atomic mass is 32.1. The van der Waals surface area contributed by atoms with Crippen molar-refractivity contribution in [1.29, 1.82) is 0 Å². The molecule has 1 atom stereocenters. The molecule has 0 aliphatic heterocycles. The van der Waals surface area contributed by atoms with Crippen molar-refractivity contribution >= 4 is 17.4 Å². The molecule has 0 bridgehead atoms. The molecule has 0 aliphatic carbocycles. The van der Waals surface area contributed by atoms with E-state index in [1.807, 2.05) is 40.0 Å². The molecular formula is C14H24N2O3S. The number of aliphatic hydroxyl groups excluding tert-OH is 1. The summed E-state index contributed by atoms with van der Waals surface area (Å²) in [7, 11) is 0. The second kappa shape index (κ2) is 6.54. The molecule has 6 heteroatoms. The highest BCUT2D eigenvalue weighted by Crippen LogP contribution is 2.23. The Morgan fingerprint density at radius 1 is 1.45 bits per heavy atom. The van der Waals surface area contributed by atoms with Gasteiger partial charge in [-0.3, -0.25) is 0 Å². The molecule has 1 unspecified atom stereocenters. The first-order valence-electron chi connectivity index (χ1n) is 6.62. The Bertz CT molecular complexity index is 454. The average molecular weight is 300 g/mol. The van der Waals surface area contributed by atoms with Crippen LogP contribution in [0, 0.1) is 12.3 Å². The van der Waals surface area contributed by atoms with Crippen LogP contribution in [0.1, 0.15) is 38.4 Å². The third-order valence-electron chi connectivity index (χ3n) is 2.68. The lowest BCUT2D eigenvalue weighted by Gasteiger charge is -2.27. The molecule has 0 fully saturated rings. The minimum atomic E-state index is -0.522. The fraction of sp³-hybridized carbons (Fsp3) is 0.714. The molecule has 2 N–H and O–H groups in total. The predicted molar refractivity (Wildman–Crippen MR) is 80.0 cm³/mol. The number of rotatable bonds is 5. The van der Waals surface area contributed by atoms with Crippen LogP contribution in [0.3, 0.4) is 0 Å². The van der Waals surface area contributed by atoms with Crippen molar-refractivity contribution in [2.45, 2.75) is 46.6 Å². The highest BCUT2D eigenvalue weighted by molar-refractivity contribution is 7.09. The maximum absolute atomic E-state index is 11.6. The van der Waals surface area contributed by atoms with E-state index in [2.05, 4.69) is 10.3 Å². The van der Waals surface area contributed by atoms with E-state index in [0.29, 0.717) is 13.0 Å². The maximum atomic E-state index is 11.6. The summed E-state index contributed by atoms with van der Waals surface area (Å²) < 4.78 is 5.19. The van der Waals surface area contributed by atoms with Crippen molar-refractivity contribution in [3.8, 4) is 0 Å². The van der Waals surface area contributed by atoms with Crippen LogP contribution in [0.5, 0.6) is 0 Å². The van der Waals surface area contributed by atoms with Gasteiger partial charge in [-0.2, -0.15) is 0 Å². The van der Waals surface area contributed by atoms with Crippen LogP contribution in [0.2, 0.25) is 0 Å². The number of ether oxygens (including phenoxy) is 1. The van der Waals surface area contributed by atoms with Crippen LogP contribution in [-0.2, 0) is 11.2 Å². The number of thiazole rings is 1. The van der Waals surface area contributed by atoms with Crippen molar-refractivity contribution in [2.75, 3.05) is 13.2 Å². The Labute approximate surface area is 124 Å². The number of aryl methyl sites for hydroxylation is 1. The van der Waals surface area contributed by atoms with E-state index in [1.54, 1.807) is 11.3 Å². The summed E-state index contributed by atoms with van der Waals surface area (Å²) in [4.78, 5) is 16.0. The molecule has 1 rings (SSSR count). The molecule has 114 valence electrons. The SMILES string of the molecule is Cc1csc(CC(C)(CO)CNC(=O)OC(C)(C)C)n1. The number of carbonyl (C=O) groups excluding carboxylic acids is 1. The lowest BCUT2D eigenvalue weighted by Crippen LogP contribution is -2.41. The molecule has 1 heterocycles. The van der Waals surface area contributed by atoms with E-state index < -0.39 is 17.1 Å². The molecule has 20 heavy (non-hydrogen) atoms. The van der Waals surface area contributed by atoms with E-state index in [9.17, 15) is 9.90 Å². The molecule has 5 nitrogen and oxygen atoms in total. The Balaban J connectivity index is 2.55.